The fourth-order valence-corrected chi connectivity index (χ4v) is 1.50. The molecular formula is C13H21ClN4. The number of guanidine groups is 1. The van der Waals surface area contributed by atoms with Crippen LogP contribution in [0.1, 0.15) is 25.8 Å². The Hall–Kier alpha value is -1.29. The van der Waals surface area contributed by atoms with Crippen LogP contribution in [0.2, 0.25) is 5.15 Å². The second-order valence-corrected chi connectivity index (χ2v) is 5.00. The molecule has 0 saturated carbocycles. The molecule has 4 nitrogen and oxygen atoms in total. The van der Waals surface area contributed by atoms with Gasteiger partial charge in [0.25, 0.3) is 0 Å². The highest BCUT2D eigenvalue weighted by Gasteiger charge is 1.96. The van der Waals surface area contributed by atoms with Crippen molar-refractivity contribution >= 4 is 17.6 Å². The van der Waals surface area contributed by atoms with Gasteiger partial charge in [0, 0.05) is 19.3 Å². The standard InChI is InChI=1S/C13H21ClN4/c1-10(2)5-7-16-13(15)17-8-6-11-3-4-12(14)18-9-11/h3-4,9-10H,5-8H2,1-2H3,(H3,15,16,17). The van der Waals surface area contributed by atoms with Gasteiger partial charge in [0.1, 0.15) is 5.15 Å². The van der Waals surface area contributed by atoms with Crippen LogP contribution >= 0.6 is 11.6 Å². The average Bonchev–Trinajstić information content (AvgIpc) is 2.31. The van der Waals surface area contributed by atoms with Crippen LogP contribution in [0.25, 0.3) is 0 Å². The molecule has 0 amide bonds. The van der Waals surface area contributed by atoms with Crippen molar-refractivity contribution in [1.82, 2.24) is 10.3 Å². The number of halogens is 1. The van der Waals surface area contributed by atoms with Crippen molar-refractivity contribution in [1.29, 1.82) is 0 Å². The zero-order valence-corrected chi connectivity index (χ0v) is 11.7. The van der Waals surface area contributed by atoms with E-state index in [9.17, 15) is 0 Å². The second-order valence-electron chi connectivity index (χ2n) is 4.62. The molecule has 1 aromatic heterocycles. The zero-order valence-electron chi connectivity index (χ0n) is 11.0. The van der Waals surface area contributed by atoms with Crippen LogP contribution in [-0.2, 0) is 6.42 Å². The first-order valence-electron chi connectivity index (χ1n) is 6.22. The summed E-state index contributed by atoms with van der Waals surface area (Å²) in [6.45, 7) is 5.87. The third kappa shape index (κ3) is 6.45. The molecule has 0 aliphatic heterocycles. The lowest BCUT2D eigenvalue weighted by atomic mass is 10.1. The van der Waals surface area contributed by atoms with Crippen LogP contribution < -0.4 is 11.1 Å². The van der Waals surface area contributed by atoms with E-state index in [4.69, 9.17) is 17.3 Å². The summed E-state index contributed by atoms with van der Waals surface area (Å²) in [6.07, 6.45) is 3.68. The molecule has 1 rings (SSSR count). The minimum atomic E-state index is 0.512. The van der Waals surface area contributed by atoms with Crippen molar-refractivity contribution < 1.29 is 0 Å². The predicted molar refractivity (Wildman–Crippen MR) is 76.9 cm³/mol. The average molecular weight is 269 g/mol. The molecule has 0 aromatic carbocycles. The fraction of sp³-hybridized carbons (Fsp3) is 0.538. The van der Waals surface area contributed by atoms with E-state index < -0.39 is 0 Å². The molecule has 3 N–H and O–H groups in total. The Kier molecular flexibility index (Phi) is 6.50. The molecule has 1 heterocycles. The Morgan fingerprint density at radius 2 is 2.28 bits per heavy atom. The van der Waals surface area contributed by atoms with E-state index in [1.165, 1.54) is 0 Å². The van der Waals surface area contributed by atoms with Gasteiger partial charge in [0.05, 0.1) is 0 Å². The van der Waals surface area contributed by atoms with Gasteiger partial charge in [-0.25, -0.2) is 4.98 Å². The molecule has 0 fully saturated rings. The van der Waals surface area contributed by atoms with Crippen molar-refractivity contribution in [2.45, 2.75) is 26.7 Å². The number of nitrogens with zero attached hydrogens (tertiary/aromatic N) is 2. The molecule has 0 bridgehead atoms. The van der Waals surface area contributed by atoms with Crippen molar-refractivity contribution in [2.75, 3.05) is 13.1 Å². The number of pyridine rings is 1. The highest BCUT2D eigenvalue weighted by molar-refractivity contribution is 6.29. The summed E-state index contributed by atoms with van der Waals surface area (Å²) >= 11 is 5.71. The van der Waals surface area contributed by atoms with Gasteiger partial charge in [-0.2, -0.15) is 0 Å². The number of hydrogen-bond acceptors (Lipinski definition) is 2. The molecule has 0 radical (unpaired) electrons. The summed E-state index contributed by atoms with van der Waals surface area (Å²) in [6, 6.07) is 3.75. The van der Waals surface area contributed by atoms with Crippen molar-refractivity contribution in [3.63, 3.8) is 0 Å². The molecular weight excluding hydrogens is 248 g/mol. The SMILES string of the molecule is CC(C)CCN=C(N)NCCc1ccc(Cl)nc1. The second kappa shape index (κ2) is 7.93. The minimum absolute atomic E-state index is 0.512. The Bertz CT molecular complexity index is 373. The van der Waals surface area contributed by atoms with Crippen LogP contribution in [0.3, 0.4) is 0 Å². The normalized spacial score (nSPS) is 11.9. The molecule has 100 valence electrons. The lowest BCUT2D eigenvalue weighted by molar-refractivity contribution is 0.595. The Morgan fingerprint density at radius 1 is 1.50 bits per heavy atom. The van der Waals surface area contributed by atoms with Crippen LogP contribution in [0.15, 0.2) is 23.3 Å². The molecule has 0 unspecified atom stereocenters. The Balaban J connectivity index is 2.22. The van der Waals surface area contributed by atoms with Gasteiger partial charge in [0.2, 0.25) is 0 Å². The van der Waals surface area contributed by atoms with Gasteiger partial charge >= 0.3 is 0 Å². The number of aliphatic imine (C=N–C) groups is 1. The largest absolute Gasteiger partial charge is 0.370 e. The van der Waals surface area contributed by atoms with E-state index in [1.54, 1.807) is 12.3 Å². The Morgan fingerprint density at radius 3 is 2.89 bits per heavy atom. The van der Waals surface area contributed by atoms with E-state index >= 15 is 0 Å². The molecule has 0 aliphatic carbocycles. The quantitative estimate of drug-likeness (QED) is 0.472. The minimum Gasteiger partial charge on any atom is -0.370 e. The summed E-state index contributed by atoms with van der Waals surface area (Å²) in [5.74, 6) is 1.17. The van der Waals surface area contributed by atoms with Gasteiger partial charge in [-0.15, -0.1) is 0 Å². The third-order valence-corrected chi connectivity index (χ3v) is 2.72. The van der Waals surface area contributed by atoms with Crippen LogP contribution in [0, 0.1) is 5.92 Å². The van der Waals surface area contributed by atoms with E-state index in [-0.39, 0.29) is 0 Å². The molecule has 0 saturated heterocycles. The summed E-state index contributed by atoms with van der Waals surface area (Å²) in [7, 11) is 0. The molecule has 0 atom stereocenters. The lowest BCUT2D eigenvalue weighted by Crippen LogP contribution is -2.33. The van der Waals surface area contributed by atoms with Gasteiger partial charge in [-0.3, -0.25) is 4.99 Å². The van der Waals surface area contributed by atoms with Gasteiger partial charge in [0.15, 0.2) is 5.96 Å². The highest BCUT2D eigenvalue weighted by Crippen LogP contribution is 2.05. The number of nitrogens with two attached hydrogens (primary N) is 1. The molecule has 5 heteroatoms. The lowest BCUT2D eigenvalue weighted by Gasteiger charge is -2.06. The topological polar surface area (TPSA) is 63.3 Å². The van der Waals surface area contributed by atoms with Crippen molar-refractivity contribution in [3.05, 3.63) is 29.0 Å². The first-order chi connectivity index (χ1) is 8.58. The molecule has 0 aliphatic rings. The van der Waals surface area contributed by atoms with Gasteiger partial charge in [-0.1, -0.05) is 31.5 Å². The van der Waals surface area contributed by atoms with E-state index in [2.05, 4.69) is 29.1 Å². The van der Waals surface area contributed by atoms with E-state index in [0.717, 1.165) is 31.5 Å². The summed E-state index contributed by atoms with van der Waals surface area (Å²) in [5, 5.41) is 3.60. The summed E-state index contributed by atoms with van der Waals surface area (Å²) in [5.41, 5.74) is 6.88. The first-order valence-corrected chi connectivity index (χ1v) is 6.60. The van der Waals surface area contributed by atoms with E-state index in [0.29, 0.717) is 17.0 Å². The maximum atomic E-state index is 5.75. The maximum absolute atomic E-state index is 5.75. The van der Waals surface area contributed by atoms with Gasteiger partial charge < -0.3 is 11.1 Å². The predicted octanol–water partition coefficient (Wildman–Crippen LogP) is 2.23. The number of nitrogens with one attached hydrogen (secondary N) is 1. The van der Waals surface area contributed by atoms with Crippen molar-refractivity contribution in [2.24, 2.45) is 16.6 Å². The first kappa shape index (κ1) is 14.8. The molecule has 0 spiro atoms. The number of rotatable bonds is 6. The summed E-state index contributed by atoms with van der Waals surface area (Å²) < 4.78 is 0. The van der Waals surface area contributed by atoms with Gasteiger partial charge in [-0.05, 0) is 30.4 Å². The van der Waals surface area contributed by atoms with E-state index in [1.807, 2.05) is 6.07 Å². The monoisotopic (exact) mass is 268 g/mol. The van der Waals surface area contributed by atoms with Crippen LogP contribution in [0.5, 0.6) is 0 Å². The smallest absolute Gasteiger partial charge is 0.188 e. The number of hydrogen-bond donors (Lipinski definition) is 2. The fourth-order valence-electron chi connectivity index (χ4n) is 1.39. The van der Waals surface area contributed by atoms with Crippen LogP contribution in [0.4, 0.5) is 0 Å². The number of aromatic nitrogens is 1. The highest BCUT2D eigenvalue weighted by atomic mass is 35.5. The summed E-state index contributed by atoms with van der Waals surface area (Å²) in [4.78, 5) is 8.28. The van der Waals surface area contributed by atoms with Crippen LogP contribution in [-0.4, -0.2) is 24.0 Å². The molecule has 18 heavy (non-hydrogen) atoms. The Labute approximate surface area is 114 Å². The third-order valence-electron chi connectivity index (χ3n) is 2.50. The molecule has 1 aromatic rings. The zero-order chi connectivity index (χ0) is 13.4. The van der Waals surface area contributed by atoms with Crippen molar-refractivity contribution in [3.8, 4) is 0 Å². The maximum Gasteiger partial charge on any atom is 0.188 e.